The Kier molecular flexibility index (Phi) is 5.89. The number of halogens is 1. The van der Waals surface area contributed by atoms with Gasteiger partial charge in [0.1, 0.15) is 5.57 Å². The summed E-state index contributed by atoms with van der Waals surface area (Å²) in [5.41, 5.74) is 5.82. The maximum Gasteiger partial charge on any atom is 0.343 e. The molecule has 0 atom stereocenters. The molecule has 1 aliphatic heterocycles. The molecule has 0 fully saturated rings. The Morgan fingerprint density at radius 1 is 0.969 bits per heavy atom. The highest BCUT2D eigenvalue weighted by atomic mass is 79.9. The van der Waals surface area contributed by atoms with Gasteiger partial charge in [0.25, 0.3) is 0 Å². The zero-order valence-corrected chi connectivity index (χ0v) is 19.9. The standard InChI is InChI=1S/C26H23BrN2O3/c1-16-13-19(17(2)28(16)22-12-8-9-20(27)15-22)14-23-25(30)24(26(31)32-4)18(3)29(23)21-10-6-5-7-11-21/h5-15H,1-4H3/b23-14-. The van der Waals surface area contributed by atoms with Gasteiger partial charge >= 0.3 is 5.97 Å². The van der Waals surface area contributed by atoms with Crippen molar-refractivity contribution < 1.29 is 14.3 Å². The molecule has 0 saturated carbocycles. The molecule has 0 N–H and O–H groups in total. The van der Waals surface area contributed by atoms with Crippen LogP contribution < -0.4 is 4.90 Å². The van der Waals surface area contributed by atoms with Crippen molar-refractivity contribution in [2.45, 2.75) is 20.8 Å². The Morgan fingerprint density at radius 3 is 2.31 bits per heavy atom. The third kappa shape index (κ3) is 3.71. The second-order valence-electron chi connectivity index (χ2n) is 7.62. The summed E-state index contributed by atoms with van der Waals surface area (Å²) in [6.45, 7) is 5.82. The van der Waals surface area contributed by atoms with Crippen LogP contribution in [0.15, 0.2) is 82.1 Å². The summed E-state index contributed by atoms with van der Waals surface area (Å²) >= 11 is 3.54. The number of hydrogen-bond acceptors (Lipinski definition) is 4. The van der Waals surface area contributed by atoms with Crippen molar-refractivity contribution in [3.8, 4) is 5.69 Å². The fourth-order valence-corrected chi connectivity index (χ4v) is 4.55. The van der Waals surface area contributed by atoms with Crippen LogP contribution in [0.25, 0.3) is 11.8 Å². The molecule has 0 saturated heterocycles. The number of nitrogens with zero attached hydrogens (tertiary/aromatic N) is 2. The molecule has 2 heterocycles. The summed E-state index contributed by atoms with van der Waals surface area (Å²) < 4.78 is 8.03. The Labute approximate surface area is 195 Å². The van der Waals surface area contributed by atoms with E-state index in [9.17, 15) is 9.59 Å². The average Bonchev–Trinajstić information content (AvgIpc) is 3.19. The molecule has 32 heavy (non-hydrogen) atoms. The molecule has 4 rings (SSSR count). The first-order valence-electron chi connectivity index (χ1n) is 10.2. The van der Waals surface area contributed by atoms with Gasteiger partial charge in [-0.25, -0.2) is 4.79 Å². The summed E-state index contributed by atoms with van der Waals surface area (Å²) in [6, 6.07) is 19.7. The molecule has 6 heteroatoms. The van der Waals surface area contributed by atoms with E-state index in [1.54, 1.807) is 6.92 Å². The van der Waals surface area contributed by atoms with E-state index >= 15 is 0 Å². The maximum absolute atomic E-state index is 13.3. The summed E-state index contributed by atoms with van der Waals surface area (Å²) in [6.07, 6.45) is 1.85. The van der Waals surface area contributed by atoms with Gasteiger partial charge in [-0.15, -0.1) is 0 Å². The zero-order chi connectivity index (χ0) is 23.0. The highest BCUT2D eigenvalue weighted by Crippen LogP contribution is 2.36. The molecule has 0 radical (unpaired) electrons. The lowest BCUT2D eigenvalue weighted by Gasteiger charge is -2.21. The lowest BCUT2D eigenvalue weighted by Crippen LogP contribution is -2.18. The van der Waals surface area contributed by atoms with Crippen LogP contribution in [0.2, 0.25) is 0 Å². The highest BCUT2D eigenvalue weighted by molar-refractivity contribution is 9.10. The third-order valence-electron chi connectivity index (χ3n) is 5.63. The SMILES string of the molecule is COC(=O)C1=C(C)N(c2ccccc2)/C(=C\c2cc(C)n(-c3cccc(Br)c3)c2C)C1=O. The number of benzene rings is 2. The van der Waals surface area contributed by atoms with Gasteiger partial charge in [0.15, 0.2) is 0 Å². The van der Waals surface area contributed by atoms with Crippen molar-refractivity contribution in [1.82, 2.24) is 4.57 Å². The fraction of sp³-hybridized carbons (Fsp3) is 0.154. The quantitative estimate of drug-likeness (QED) is 0.266. The number of methoxy groups -OCH3 is 1. The minimum atomic E-state index is -0.628. The zero-order valence-electron chi connectivity index (χ0n) is 18.3. The van der Waals surface area contributed by atoms with Crippen LogP contribution in [0.5, 0.6) is 0 Å². The number of ketones is 1. The van der Waals surface area contributed by atoms with Crippen molar-refractivity contribution >= 4 is 39.4 Å². The molecule has 2 aromatic carbocycles. The van der Waals surface area contributed by atoms with E-state index in [0.717, 1.165) is 32.8 Å². The van der Waals surface area contributed by atoms with Crippen molar-refractivity contribution in [2.75, 3.05) is 12.0 Å². The highest BCUT2D eigenvalue weighted by Gasteiger charge is 2.38. The number of para-hydroxylation sites is 1. The van der Waals surface area contributed by atoms with Crippen molar-refractivity contribution in [1.29, 1.82) is 0 Å². The number of anilines is 1. The monoisotopic (exact) mass is 490 g/mol. The van der Waals surface area contributed by atoms with Gasteiger partial charge < -0.3 is 14.2 Å². The normalized spacial score (nSPS) is 15.1. The van der Waals surface area contributed by atoms with Crippen molar-refractivity contribution in [3.05, 3.63) is 99.1 Å². The predicted molar refractivity (Wildman–Crippen MR) is 130 cm³/mol. The molecule has 162 valence electrons. The summed E-state index contributed by atoms with van der Waals surface area (Å²) in [7, 11) is 1.29. The topological polar surface area (TPSA) is 51.5 Å². The number of Topliss-reactive ketones (excluding diaryl/α,β-unsaturated/α-hetero) is 1. The number of aryl methyl sites for hydroxylation is 1. The van der Waals surface area contributed by atoms with Crippen LogP contribution in [0.3, 0.4) is 0 Å². The van der Waals surface area contributed by atoms with Crippen LogP contribution >= 0.6 is 15.9 Å². The lowest BCUT2D eigenvalue weighted by molar-refractivity contribution is -0.137. The van der Waals surface area contributed by atoms with Crippen LogP contribution in [0, 0.1) is 13.8 Å². The number of allylic oxidation sites excluding steroid dienone is 2. The van der Waals surface area contributed by atoms with Gasteiger partial charge in [0.2, 0.25) is 5.78 Å². The van der Waals surface area contributed by atoms with E-state index in [-0.39, 0.29) is 11.4 Å². The molecular weight excluding hydrogens is 468 g/mol. The number of ether oxygens (including phenoxy) is 1. The van der Waals surface area contributed by atoms with E-state index in [1.807, 2.05) is 79.4 Å². The first-order chi connectivity index (χ1) is 15.3. The van der Waals surface area contributed by atoms with Gasteiger partial charge in [-0.3, -0.25) is 4.79 Å². The third-order valence-corrected chi connectivity index (χ3v) is 6.12. The minimum Gasteiger partial charge on any atom is -0.465 e. The fourth-order valence-electron chi connectivity index (χ4n) is 4.16. The number of esters is 1. The summed E-state index contributed by atoms with van der Waals surface area (Å²) in [5, 5.41) is 0. The number of aromatic nitrogens is 1. The summed E-state index contributed by atoms with van der Waals surface area (Å²) in [4.78, 5) is 27.5. The van der Waals surface area contributed by atoms with Gasteiger partial charge in [-0.05, 0) is 68.8 Å². The Morgan fingerprint density at radius 2 is 1.66 bits per heavy atom. The summed E-state index contributed by atoms with van der Waals surface area (Å²) in [5.74, 6) is -0.970. The lowest BCUT2D eigenvalue weighted by atomic mass is 10.1. The van der Waals surface area contributed by atoms with E-state index in [4.69, 9.17) is 4.74 Å². The Bertz CT molecular complexity index is 1290. The molecule has 1 aliphatic rings. The number of hydrogen-bond donors (Lipinski definition) is 0. The molecule has 0 spiro atoms. The Balaban J connectivity index is 1.87. The van der Waals surface area contributed by atoms with Crippen molar-refractivity contribution in [3.63, 3.8) is 0 Å². The molecule has 3 aromatic rings. The van der Waals surface area contributed by atoms with Crippen LogP contribution in [0.4, 0.5) is 5.69 Å². The molecule has 0 amide bonds. The van der Waals surface area contributed by atoms with Gasteiger partial charge in [-0.1, -0.05) is 40.2 Å². The smallest absolute Gasteiger partial charge is 0.343 e. The minimum absolute atomic E-state index is 0.0587. The van der Waals surface area contributed by atoms with Crippen LogP contribution in [-0.2, 0) is 14.3 Å². The first kappa shape index (κ1) is 21.8. The molecular formula is C26H23BrN2O3. The van der Waals surface area contributed by atoms with Crippen LogP contribution in [-0.4, -0.2) is 23.4 Å². The number of carbonyl (C=O) groups is 2. The molecule has 0 aliphatic carbocycles. The second kappa shape index (κ2) is 8.63. The van der Waals surface area contributed by atoms with E-state index in [2.05, 4.69) is 26.6 Å². The first-order valence-corrected chi connectivity index (χ1v) is 11.0. The molecule has 0 bridgehead atoms. The predicted octanol–water partition coefficient (Wildman–Crippen LogP) is 5.73. The molecule has 5 nitrogen and oxygen atoms in total. The average molecular weight is 491 g/mol. The van der Waals surface area contributed by atoms with Crippen molar-refractivity contribution in [2.24, 2.45) is 0 Å². The number of carbonyl (C=O) groups excluding carboxylic acids is 2. The van der Waals surface area contributed by atoms with Gasteiger partial charge in [-0.2, -0.15) is 0 Å². The van der Waals surface area contributed by atoms with E-state index in [0.29, 0.717) is 11.4 Å². The largest absolute Gasteiger partial charge is 0.465 e. The molecule has 1 aromatic heterocycles. The molecule has 0 unspecified atom stereocenters. The van der Waals surface area contributed by atoms with Gasteiger partial charge in [0, 0.05) is 32.9 Å². The number of rotatable bonds is 4. The maximum atomic E-state index is 13.3. The van der Waals surface area contributed by atoms with Crippen LogP contribution in [0.1, 0.15) is 23.9 Å². The Hall–Kier alpha value is -3.38. The van der Waals surface area contributed by atoms with Gasteiger partial charge in [0.05, 0.1) is 12.8 Å². The van der Waals surface area contributed by atoms with E-state index < -0.39 is 5.97 Å². The second-order valence-corrected chi connectivity index (χ2v) is 8.54. The van der Waals surface area contributed by atoms with E-state index in [1.165, 1.54) is 7.11 Å².